The highest BCUT2D eigenvalue weighted by atomic mass is 16.4. The van der Waals surface area contributed by atoms with E-state index in [1.807, 2.05) is 0 Å². The Hall–Kier alpha value is -2.37. The van der Waals surface area contributed by atoms with Crippen LogP contribution in [0.1, 0.15) is 47.6 Å². The predicted octanol–water partition coefficient (Wildman–Crippen LogP) is 2.33. The van der Waals surface area contributed by atoms with E-state index in [2.05, 4.69) is 46.6 Å². The van der Waals surface area contributed by atoms with Gasteiger partial charge < -0.3 is 10.4 Å². The molecule has 0 aliphatic carbocycles. The zero-order chi connectivity index (χ0) is 14.8. The summed E-state index contributed by atoms with van der Waals surface area (Å²) < 4.78 is 1.68. The lowest BCUT2D eigenvalue weighted by Gasteiger charge is -2.24. The second-order valence-corrected chi connectivity index (χ2v) is 5.23. The molecule has 0 fully saturated rings. The molecule has 1 atom stereocenters. The number of aryl methyl sites for hydroxylation is 1. The van der Waals surface area contributed by atoms with Crippen molar-refractivity contribution in [1.29, 1.82) is 0 Å². The number of aromatic carboxylic acids is 1. The number of benzene rings is 1. The largest absolute Gasteiger partial charge is 0.475 e. The second kappa shape index (κ2) is 5.55. The van der Waals surface area contributed by atoms with Crippen LogP contribution in [0.4, 0.5) is 5.95 Å². The highest BCUT2D eigenvalue weighted by Gasteiger charge is 2.26. The number of carbonyl (C=O) groups is 1. The Morgan fingerprint density at radius 2 is 2.19 bits per heavy atom. The van der Waals surface area contributed by atoms with Crippen LogP contribution in [-0.2, 0) is 6.42 Å². The molecule has 6 nitrogen and oxygen atoms in total. The van der Waals surface area contributed by atoms with Gasteiger partial charge in [-0.15, -0.1) is 5.10 Å². The third-order valence-corrected chi connectivity index (χ3v) is 3.72. The van der Waals surface area contributed by atoms with E-state index in [1.165, 1.54) is 5.56 Å². The molecule has 2 heterocycles. The summed E-state index contributed by atoms with van der Waals surface area (Å²) in [7, 11) is 0. The minimum Gasteiger partial charge on any atom is -0.475 e. The molecule has 1 aromatic carbocycles. The van der Waals surface area contributed by atoms with Gasteiger partial charge in [-0.25, -0.2) is 9.48 Å². The Labute approximate surface area is 122 Å². The average Bonchev–Trinajstić information content (AvgIpc) is 2.93. The summed E-state index contributed by atoms with van der Waals surface area (Å²) in [4.78, 5) is 15.0. The Bertz CT molecular complexity index is 648. The molecule has 0 spiro atoms. The number of nitrogens with zero attached hydrogens (tertiary/aromatic N) is 3. The van der Waals surface area contributed by atoms with Crippen molar-refractivity contribution in [3.8, 4) is 0 Å². The highest BCUT2D eigenvalue weighted by molar-refractivity contribution is 5.83. The van der Waals surface area contributed by atoms with Crippen molar-refractivity contribution < 1.29 is 9.90 Å². The van der Waals surface area contributed by atoms with Gasteiger partial charge in [0.05, 0.1) is 6.04 Å². The van der Waals surface area contributed by atoms with Crippen molar-refractivity contribution in [2.24, 2.45) is 0 Å². The number of rotatable bonds is 4. The standard InChI is InChI=1S/C15H18N4O2/c1-2-3-10-4-6-11(7-5-10)12-8-9-16-15-17-13(14(20)21)18-19(12)15/h4-7,12H,2-3,8-9H2,1H3,(H,20,21)(H,16,17,18). The Morgan fingerprint density at radius 1 is 1.43 bits per heavy atom. The lowest BCUT2D eigenvalue weighted by Crippen LogP contribution is -2.24. The number of anilines is 1. The van der Waals surface area contributed by atoms with Crippen LogP contribution in [-0.4, -0.2) is 32.4 Å². The molecule has 2 N–H and O–H groups in total. The maximum atomic E-state index is 11.0. The predicted molar refractivity (Wildman–Crippen MR) is 78.7 cm³/mol. The molecule has 0 saturated carbocycles. The molecule has 1 aromatic heterocycles. The minimum atomic E-state index is -1.10. The summed E-state index contributed by atoms with van der Waals surface area (Å²) in [5.74, 6) is -0.732. The molecule has 1 aliphatic heterocycles. The molecule has 3 rings (SSSR count). The first-order chi connectivity index (χ1) is 10.2. The van der Waals surface area contributed by atoms with Crippen LogP contribution in [0.15, 0.2) is 24.3 Å². The van der Waals surface area contributed by atoms with Crippen LogP contribution in [0.2, 0.25) is 0 Å². The van der Waals surface area contributed by atoms with Gasteiger partial charge >= 0.3 is 5.97 Å². The van der Waals surface area contributed by atoms with E-state index < -0.39 is 5.97 Å². The van der Waals surface area contributed by atoms with Gasteiger partial charge in [-0.3, -0.25) is 0 Å². The van der Waals surface area contributed by atoms with Crippen LogP contribution in [0, 0.1) is 0 Å². The van der Waals surface area contributed by atoms with Gasteiger partial charge in [-0.2, -0.15) is 4.98 Å². The number of carboxylic acids is 1. The molecule has 21 heavy (non-hydrogen) atoms. The first-order valence-corrected chi connectivity index (χ1v) is 7.21. The highest BCUT2D eigenvalue weighted by Crippen LogP contribution is 2.28. The summed E-state index contributed by atoms with van der Waals surface area (Å²) in [5.41, 5.74) is 2.46. The summed E-state index contributed by atoms with van der Waals surface area (Å²) in [6.07, 6.45) is 3.06. The molecular formula is C15H18N4O2. The molecular weight excluding hydrogens is 268 g/mol. The van der Waals surface area contributed by atoms with Crippen LogP contribution in [0.25, 0.3) is 0 Å². The molecule has 2 aromatic rings. The van der Waals surface area contributed by atoms with Gasteiger partial charge in [0, 0.05) is 6.54 Å². The molecule has 1 aliphatic rings. The van der Waals surface area contributed by atoms with Crippen molar-refractivity contribution in [3.63, 3.8) is 0 Å². The fourth-order valence-corrected chi connectivity index (χ4v) is 2.70. The van der Waals surface area contributed by atoms with Crippen LogP contribution in [0.3, 0.4) is 0 Å². The molecule has 0 amide bonds. The normalized spacial score (nSPS) is 17.1. The maximum absolute atomic E-state index is 11.0. The van der Waals surface area contributed by atoms with Crippen molar-refractivity contribution in [2.45, 2.75) is 32.2 Å². The SMILES string of the molecule is CCCc1ccc(C2CCNc3nc(C(=O)O)nn32)cc1. The van der Waals surface area contributed by atoms with Gasteiger partial charge in [0.1, 0.15) is 0 Å². The number of fused-ring (bicyclic) bond motifs is 1. The molecule has 110 valence electrons. The van der Waals surface area contributed by atoms with E-state index in [0.717, 1.165) is 31.4 Å². The van der Waals surface area contributed by atoms with Crippen molar-refractivity contribution in [2.75, 3.05) is 11.9 Å². The van der Waals surface area contributed by atoms with Crippen LogP contribution < -0.4 is 5.32 Å². The summed E-state index contributed by atoms with van der Waals surface area (Å²) in [5, 5.41) is 16.2. The first kappa shape index (κ1) is 13.6. The molecule has 1 unspecified atom stereocenters. The maximum Gasteiger partial charge on any atom is 0.375 e. The number of nitrogens with one attached hydrogen (secondary N) is 1. The number of aromatic nitrogens is 3. The van der Waals surface area contributed by atoms with Crippen LogP contribution >= 0.6 is 0 Å². The molecule has 0 radical (unpaired) electrons. The molecule has 0 bridgehead atoms. The Balaban J connectivity index is 1.92. The van der Waals surface area contributed by atoms with Gasteiger partial charge in [-0.05, 0) is 24.0 Å². The minimum absolute atomic E-state index is 0.0394. The third-order valence-electron chi connectivity index (χ3n) is 3.72. The molecule has 6 heteroatoms. The van der Waals surface area contributed by atoms with Gasteiger partial charge in [0.2, 0.25) is 5.95 Å². The van der Waals surface area contributed by atoms with E-state index in [4.69, 9.17) is 5.11 Å². The fourth-order valence-electron chi connectivity index (χ4n) is 2.70. The van der Waals surface area contributed by atoms with E-state index >= 15 is 0 Å². The van der Waals surface area contributed by atoms with E-state index in [9.17, 15) is 4.79 Å². The molecule has 0 saturated heterocycles. The lowest BCUT2D eigenvalue weighted by atomic mass is 10.00. The quantitative estimate of drug-likeness (QED) is 0.901. The smallest absolute Gasteiger partial charge is 0.375 e. The Kier molecular flexibility index (Phi) is 3.60. The first-order valence-electron chi connectivity index (χ1n) is 7.21. The second-order valence-electron chi connectivity index (χ2n) is 5.23. The van der Waals surface area contributed by atoms with Crippen LogP contribution in [0.5, 0.6) is 0 Å². The van der Waals surface area contributed by atoms with Crippen molar-refractivity contribution >= 4 is 11.9 Å². The van der Waals surface area contributed by atoms with E-state index in [0.29, 0.717) is 5.95 Å². The van der Waals surface area contributed by atoms with Crippen molar-refractivity contribution in [1.82, 2.24) is 14.8 Å². The Morgan fingerprint density at radius 3 is 2.86 bits per heavy atom. The summed E-state index contributed by atoms with van der Waals surface area (Å²) >= 11 is 0. The number of hydrogen-bond acceptors (Lipinski definition) is 4. The number of hydrogen-bond donors (Lipinski definition) is 2. The van der Waals surface area contributed by atoms with Gasteiger partial charge in [0.25, 0.3) is 5.82 Å². The zero-order valence-corrected chi connectivity index (χ0v) is 11.9. The topological polar surface area (TPSA) is 80.0 Å². The average molecular weight is 286 g/mol. The van der Waals surface area contributed by atoms with Crippen molar-refractivity contribution in [3.05, 3.63) is 41.2 Å². The van der Waals surface area contributed by atoms with E-state index in [-0.39, 0.29) is 11.9 Å². The summed E-state index contributed by atoms with van der Waals surface area (Å²) in [6, 6.07) is 8.52. The third kappa shape index (κ3) is 2.61. The lowest BCUT2D eigenvalue weighted by molar-refractivity contribution is 0.0683. The number of carboxylic acid groups (broad SMARTS) is 1. The van der Waals surface area contributed by atoms with Gasteiger partial charge in [0.15, 0.2) is 0 Å². The zero-order valence-electron chi connectivity index (χ0n) is 11.9. The monoisotopic (exact) mass is 286 g/mol. The summed E-state index contributed by atoms with van der Waals surface area (Å²) in [6.45, 7) is 2.93. The van der Waals surface area contributed by atoms with Gasteiger partial charge in [-0.1, -0.05) is 37.6 Å². The van der Waals surface area contributed by atoms with E-state index in [1.54, 1.807) is 4.68 Å². The fraction of sp³-hybridized carbons (Fsp3) is 0.400.